The molecular formula is C20H24N4O3. The molecule has 27 heavy (non-hydrogen) atoms. The summed E-state index contributed by atoms with van der Waals surface area (Å²) in [6.07, 6.45) is 3.66. The van der Waals surface area contributed by atoms with Crippen molar-refractivity contribution in [3.8, 4) is 11.5 Å². The summed E-state index contributed by atoms with van der Waals surface area (Å²) in [6.45, 7) is 5.89. The Morgan fingerprint density at radius 1 is 0.963 bits per heavy atom. The third-order valence-corrected chi connectivity index (χ3v) is 4.91. The van der Waals surface area contributed by atoms with Crippen LogP contribution >= 0.6 is 0 Å². The van der Waals surface area contributed by atoms with Crippen molar-refractivity contribution in [2.45, 2.75) is 13.1 Å². The molecule has 1 saturated heterocycles. The third-order valence-electron chi connectivity index (χ3n) is 4.91. The number of rotatable bonds is 6. The summed E-state index contributed by atoms with van der Waals surface area (Å²) in [5, 5.41) is 2.99. The lowest BCUT2D eigenvalue weighted by Crippen LogP contribution is -2.49. The lowest BCUT2D eigenvalue weighted by Gasteiger charge is -2.34. The maximum atomic E-state index is 12.3. The number of hydrogen-bond acceptors (Lipinski definition) is 6. The summed E-state index contributed by atoms with van der Waals surface area (Å²) in [5.74, 6) is 1.55. The van der Waals surface area contributed by atoms with E-state index in [0.717, 1.165) is 49.8 Å². The van der Waals surface area contributed by atoms with Crippen molar-refractivity contribution < 1.29 is 14.3 Å². The maximum Gasteiger partial charge on any atom is 0.234 e. The van der Waals surface area contributed by atoms with Gasteiger partial charge in [-0.2, -0.15) is 0 Å². The molecule has 2 aromatic rings. The number of aromatic nitrogens is 1. The summed E-state index contributed by atoms with van der Waals surface area (Å²) in [6, 6.07) is 9.85. The first-order chi connectivity index (χ1) is 13.3. The molecule has 1 aromatic carbocycles. The first-order valence-corrected chi connectivity index (χ1v) is 9.25. The average molecular weight is 368 g/mol. The van der Waals surface area contributed by atoms with Crippen LogP contribution in [0.15, 0.2) is 42.7 Å². The number of piperazine rings is 1. The van der Waals surface area contributed by atoms with Crippen LogP contribution < -0.4 is 14.8 Å². The minimum Gasteiger partial charge on any atom is -0.454 e. The fraction of sp³-hybridized carbons (Fsp3) is 0.400. The van der Waals surface area contributed by atoms with Crippen LogP contribution in [0.3, 0.4) is 0 Å². The van der Waals surface area contributed by atoms with Gasteiger partial charge in [-0.1, -0.05) is 6.07 Å². The predicted molar refractivity (Wildman–Crippen MR) is 100 cm³/mol. The van der Waals surface area contributed by atoms with Gasteiger partial charge in [0.2, 0.25) is 12.7 Å². The highest BCUT2D eigenvalue weighted by Gasteiger charge is 2.19. The van der Waals surface area contributed by atoms with E-state index in [0.29, 0.717) is 13.1 Å². The lowest BCUT2D eigenvalue weighted by molar-refractivity contribution is -0.122. The van der Waals surface area contributed by atoms with Crippen molar-refractivity contribution in [2.75, 3.05) is 39.5 Å². The molecule has 0 spiro atoms. The minimum absolute atomic E-state index is 0.0512. The largest absolute Gasteiger partial charge is 0.454 e. The molecule has 3 heterocycles. The SMILES string of the molecule is O=C(CN1CCN(Cc2ccncc2)CC1)NCc1ccc2c(c1)OCO2. The van der Waals surface area contributed by atoms with Gasteiger partial charge in [0.15, 0.2) is 11.5 Å². The number of amides is 1. The number of fused-ring (bicyclic) bond motifs is 1. The molecule has 1 N–H and O–H groups in total. The van der Waals surface area contributed by atoms with Gasteiger partial charge < -0.3 is 14.8 Å². The van der Waals surface area contributed by atoms with E-state index >= 15 is 0 Å². The van der Waals surface area contributed by atoms with Crippen molar-refractivity contribution in [1.29, 1.82) is 0 Å². The number of hydrogen-bond donors (Lipinski definition) is 1. The van der Waals surface area contributed by atoms with Crippen LogP contribution in [0.25, 0.3) is 0 Å². The molecule has 0 bridgehead atoms. The van der Waals surface area contributed by atoms with Crippen LogP contribution in [0.1, 0.15) is 11.1 Å². The Balaban J connectivity index is 1.18. The molecule has 7 heteroatoms. The molecule has 7 nitrogen and oxygen atoms in total. The molecule has 1 amide bonds. The first-order valence-electron chi connectivity index (χ1n) is 9.25. The zero-order valence-electron chi connectivity index (χ0n) is 15.3. The van der Waals surface area contributed by atoms with Crippen molar-refractivity contribution in [3.05, 3.63) is 53.9 Å². The Labute approximate surface area is 158 Å². The van der Waals surface area contributed by atoms with Crippen molar-refractivity contribution >= 4 is 5.91 Å². The van der Waals surface area contributed by atoms with Crippen molar-refractivity contribution in [3.63, 3.8) is 0 Å². The zero-order valence-corrected chi connectivity index (χ0v) is 15.3. The normalized spacial score (nSPS) is 17.0. The van der Waals surface area contributed by atoms with Crippen LogP contribution in [0.2, 0.25) is 0 Å². The third kappa shape index (κ3) is 4.75. The van der Waals surface area contributed by atoms with E-state index in [-0.39, 0.29) is 12.7 Å². The number of pyridine rings is 1. The van der Waals surface area contributed by atoms with Gasteiger partial charge in [-0.25, -0.2) is 0 Å². The molecule has 0 radical (unpaired) electrons. The van der Waals surface area contributed by atoms with Gasteiger partial charge in [0.25, 0.3) is 0 Å². The van der Waals surface area contributed by atoms with Gasteiger partial charge in [-0.3, -0.25) is 19.6 Å². The second kappa shape index (κ2) is 8.37. The molecule has 2 aliphatic heterocycles. The molecule has 4 rings (SSSR count). The highest BCUT2D eigenvalue weighted by molar-refractivity contribution is 5.78. The fourth-order valence-corrected chi connectivity index (χ4v) is 3.36. The van der Waals surface area contributed by atoms with Gasteiger partial charge in [0, 0.05) is 51.7 Å². The number of nitrogens with one attached hydrogen (secondary N) is 1. The Kier molecular flexibility index (Phi) is 5.50. The van der Waals surface area contributed by atoms with Gasteiger partial charge in [0.05, 0.1) is 6.54 Å². The molecule has 1 fully saturated rings. The van der Waals surface area contributed by atoms with E-state index in [1.54, 1.807) is 0 Å². The fourth-order valence-electron chi connectivity index (χ4n) is 3.36. The predicted octanol–water partition coefficient (Wildman–Crippen LogP) is 1.24. The topological polar surface area (TPSA) is 66.9 Å². The Bertz CT molecular complexity index is 776. The molecule has 0 saturated carbocycles. The maximum absolute atomic E-state index is 12.3. The zero-order chi connectivity index (χ0) is 18.5. The molecule has 142 valence electrons. The van der Waals surface area contributed by atoms with E-state index < -0.39 is 0 Å². The highest BCUT2D eigenvalue weighted by atomic mass is 16.7. The standard InChI is InChI=1S/C20H24N4O3/c25-20(22-12-17-1-2-18-19(11-17)27-15-26-18)14-24-9-7-23(8-10-24)13-16-3-5-21-6-4-16/h1-6,11H,7-10,12-15H2,(H,22,25). The molecule has 1 aromatic heterocycles. The highest BCUT2D eigenvalue weighted by Crippen LogP contribution is 2.32. The summed E-state index contributed by atoms with van der Waals surface area (Å²) in [4.78, 5) is 20.9. The van der Waals surface area contributed by atoms with E-state index in [1.807, 2.05) is 30.6 Å². The van der Waals surface area contributed by atoms with Gasteiger partial charge in [-0.15, -0.1) is 0 Å². The van der Waals surface area contributed by atoms with Crippen LogP contribution in [-0.4, -0.2) is 60.2 Å². The Morgan fingerprint density at radius 2 is 1.70 bits per heavy atom. The van der Waals surface area contributed by atoms with Crippen LogP contribution in [-0.2, 0) is 17.9 Å². The van der Waals surface area contributed by atoms with E-state index in [9.17, 15) is 4.79 Å². The number of ether oxygens (including phenoxy) is 2. The summed E-state index contributed by atoms with van der Waals surface area (Å²) in [5.41, 5.74) is 2.29. The van der Waals surface area contributed by atoms with Crippen molar-refractivity contribution in [2.24, 2.45) is 0 Å². The molecule has 0 atom stereocenters. The van der Waals surface area contributed by atoms with E-state index in [2.05, 4.69) is 32.2 Å². The van der Waals surface area contributed by atoms with Crippen LogP contribution in [0, 0.1) is 0 Å². The summed E-state index contributed by atoms with van der Waals surface area (Å²) < 4.78 is 10.7. The smallest absolute Gasteiger partial charge is 0.234 e. The Morgan fingerprint density at radius 3 is 2.52 bits per heavy atom. The number of carbonyl (C=O) groups is 1. The first kappa shape index (κ1) is 17.8. The number of carbonyl (C=O) groups excluding carboxylic acids is 1. The second-order valence-corrected chi connectivity index (χ2v) is 6.87. The number of benzene rings is 1. The van der Waals surface area contributed by atoms with Crippen LogP contribution in [0.4, 0.5) is 0 Å². The van der Waals surface area contributed by atoms with Gasteiger partial charge in [0.1, 0.15) is 0 Å². The van der Waals surface area contributed by atoms with Crippen molar-refractivity contribution in [1.82, 2.24) is 20.1 Å². The van der Waals surface area contributed by atoms with Gasteiger partial charge >= 0.3 is 0 Å². The van der Waals surface area contributed by atoms with E-state index in [4.69, 9.17) is 9.47 Å². The van der Waals surface area contributed by atoms with Gasteiger partial charge in [-0.05, 0) is 35.4 Å². The summed E-state index contributed by atoms with van der Waals surface area (Å²) in [7, 11) is 0. The molecular weight excluding hydrogens is 344 g/mol. The lowest BCUT2D eigenvalue weighted by atomic mass is 10.2. The minimum atomic E-state index is 0.0512. The molecule has 0 unspecified atom stereocenters. The second-order valence-electron chi connectivity index (χ2n) is 6.87. The average Bonchev–Trinajstić information content (AvgIpc) is 3.17. The van der Waals surface area contributed by atoms with E-state index in [1.165, 1.54) is 5.56 Å². The molecule has 2 aliphatic rings. The number of nitrogens with zero attached hydrogens (tertiary/aromatic N) is 3. The monoisotopic (exact) mass is 368 g/mol. The summed E-state index contributed by atoms with van der Waals surface area (Å²) >= 11 is 0. The molecule has 0 aliphatic carbocycles. The Hall–Kier alpha value is -2.64. The quantitative estimate of drug-likeness (QED) is 0.828. The van der Waals surface area contributed by atoms with Crippen LogP contribution in [0.5, 0.6) is 11.5 Å².